The van der Waals surface area contributed by atoms with Gasteiger partial charge in [0.05, 0.1) is 0 Å². The second-order valence-corrected chi connectivity index (χ2v) is 37.4. The van der Waals surface area contributed by atoms with Gasteiger partial charge < -0.3 is 20.6 Å². The van der Waals surface area contributed by atoms with Gasteiger partial charge in [-0.25, -0.2) is 0 Å². The zero-order valence-corrected chi connectivity index (χ0v) is 59.6. The SMILES string of the molecule is [N-]=P(N1CCCCC1)(N1CCCCC1)N1CCCCC1.[N-]=P(N1CCCCC1)(N1CCCCC1)N1CCCCC1.[N-]=P(N1CCCCC1)(N1CCCCC1)N1CCCCC1.[N-]=P(N1CCCCC1)(N1CCCCC1)N1CCCCC1.[U+4]. The predicted octanol–water partition coefficient (Wildman–Crippen LogP) is 15.8. The van der Waals surface area contributed by atoms with Crippen LogP contribution < -0.4 is 0 Å². The second-order valence-electron chi connectivity index (χ2n) is 26.3. The van der Waals surface area contributed by atoms with Crippen LogP contribution in [0.15, 0.2) is 0 Å². The van der Waals surface area contributed by atoms with E-state index in [0.29, 0.717) is 0 Å². The van der Waals surface area contributed by atoms with Gasteiger partial charge in [-0.15, -0.1) is 0 Å². The van der Waals surface area contributed by atoms with E-state index in [2.05, 4.69) is 56.0 Å². The Balaban J connectivity index is 0.000000141. The van der Waals surface area contributed by atoms with E-state index in [0.717, 1.165) is 157 Å². The summed E-state index contributed by atoms with van der Waals surface area (Å²) in [5, 5.41) is 47.1. The molecule has 12 aliphatic rings. The molecule has 0 spiro atoms. The van der Waals surface area contributed by atoms with Crippen molar-refractivity contribution in [2.45, 2.75) is 231 Å². The van der Waals surface area contributed by atoms with E-state index in [-0.39, 0.29) is 31.1 Å². The van der Waals surface area contributed by atoms with E-state index >= 15 is 0 Å². The Bertz CT molecular complexity index is 1440. The van der Waals surface area contributed by atoms with Crippen LogP contribution in [0.2, 0.25) is 0 Å². The van der Waals surface area contributed by atoms with Crippen molar-refractivity contribution in [1.82, 2.24) is 56.0 Å². The molecule has 0 bridgehead atoms. The molecular weight excluding hydrogens is 1310 g/mol. The van der Waals surface area contributed by atoms with Crippen molar-refractivity contribution in [3.8, 4) is 0 Å². The van der Waals surface area contributed by atoms with Crippen LogP contribution in [0.3, 0.4) is 0 Å². The Morgan fingerprint density at radius 1 is 0.123 bits per heavy atom. The molecule has 12 aliphatic heterocycles. The number of hydrogen-bond acceptors (Lipinski definition) is 0. The summed E-state index contributed by atoms with van der Waals surface area (Å²) < 4.78 is 29.8. The summed E-state index contributed by atoms with van der Waals surface area (Å²) in [4.78, 5) is 0. The van der Waals surface area contributed by atoms with Gasteiger partial charge >= 0.3 is 31.1 Å². The van der Waals surface area contributed by atoms with Crippen LogP contribution in [0.5, 0.6) is 0 Å². The molecule has 16 nitrogen and oxygen atoms in total. The van der Waals surface area contributed by atoms with Gasteiger partial charge in [-0.05, 0) is 184 Å². The summed E-state index contributed by atoms with van der Waals surface area (Å²) in [6.07, 6.45) is 46.6. The molecule has 0 aromatic heterocycles. The molecule has 81 heavy (non-hydrogen) atoms. The van der Waals surface area contributed by atoms with Gasteiger partial charge in [0.15, 0.2) is 0 Å². The fourth-order valence-electron chi connectivity index (χ4n) is 15.9. The molecule has 0 unspecified atom stereocenters. The molecule has 12 heterocycles. The molecule has 464 valence electrons. The third kappa shape index (κ3) is 17.9. The van der Waals surface area contributed by atoms with Gasteiger partial charge in [0.25, 0.3) is 0 Å². The monoisotopic (exact) mass is 1430 g/mol. The predicted molar refractivity (Wildman–Crippen MR) is 346 cm³/mol. The third-order valence-electron chi connectivity index (χ3n) is 20.5. The molecular formula is C60H120N16P4U. The van der Waals surface area contributed by atoms with E-state index in [1.165, 1.54) is 231 Å². The summed E-state index contributed by atoms with van der Waals surface area (Å²) in [7, 11) is -8.78. The minimum Gasteiger partial charge on any atom is -0.770 e. The van der Waals surface area contributed by atoms with Crippen LogP contribution in [0.25, 0.3) is 20.6 Å². The molecule has 0 aliphatic carbocycles. The second kappa shape index (κ2) is 35.8. The summed E-state index contributed by atoms with van der Waals surface area (Å²) in [6.45, 7) is 26.6. The van der Waals surface area contributed by atoms with Crippen molar-refractivity contribution in [2.24, 2.45) is 0 Å². The zero-order chi connectivity index (χ0) is 55.4. The van der Waals surface area contributed by atoms with E-state index in [9.17, 15) is 20.6 Å². The normalized spacial score (nSPS) is 28.2. The standard InChI is InChI=1S/4C15H30N4P.U/c4*16-20(17-10-4-1-5-11-17,18-12-6-2-7-13-18)19-14-8-3-9-15-19;/h4*1-15H2;/q4*-1;+4. The number of hydrogen-bond donors (Lipinski definition) is 0. The van der Waals surface area contributed by atoms with Crippen LogP contribution in [0.4, 0.5) is 0 Å². The van der Waals surface area contributed by atoms with E-state index < -0.39 is 30.0 Å². The minimum atomic E-state index is -2.20. The molecule has 12 saturated heterocycles. The first-order valence-corrected chi connectivity index (χ1v) is 41.2. The molecule has 12 rings (SSSR count). The summed E-state index contributed by atoms with van der Waals surface area (Å²) in [5.74, 6) is 0. The zero-order valence-electron chi connectivity index (χ0n) is 51.9. The Kier molecular flexibility index (Phi) is 30.2. The van der Waals surface area contributed by atoms with Gasteiger partial charge in [-0.3, -0.25) is 56.0 Å². The Morgan fingerprint density at radius 2 is 0.185 bits per heavy atom. The topological polar surface area (TPSA) is 128 Å². The van der Waals surface area contributed by atoms with Gasteiger partial charge in [0, 0.05) is 157 Å². The van der Waals surface area contributed by atoms with Crippen LogP contribution in [-0.2, 0) is 0 Å². The van der Waals surface area contributed by atoms with Gasteiger partial charge in [0.1, 0.15) is 0 Å². The summed E-state index contributed by atoms with van der Waals surface area (Å²) in [6, 6.07) is 0. The summed E-state index contributed by atoms with van der Waals surface area (Å²) >= 11 is 0. The van der Waals surface area contributed by atoms with Crippen molar-refractivity contribution in [1.29, 1.82) is 0 Å². The molecule has 0 atom stereocenters. The Morgan fingerprint density at radius 3 is 0.247 bits per heavy atom. The fourth-order valence-corrected chi connectivity index (χ4v) is 30.0. The van der Waals surface area contributed by atoms with Gasteiger partial charge in [-0.1, -0.05) is 77.0 Å². The summed E-state index contributed by atoms with van der Waals surface area (Å²) in [5.41, 5.74) is 0. The Labute approximate surface area is 522 Å². The van der Waals surface area contributed by atoms with E-state index in [4.69, 9.17) is 0 Å². The van der Waals surface area contributed by atoms with E-state index in [1.54, 1.807) is 0 Å². The van der Waals surface area contributed by atoms with Crippen molar-refractivity contribution in [2.75, 3.05) is 157 Å². The minimum absolute atomic E-state index is 0. The average Bonchev–Trinajstić information content (AvgIpc) is 3.63. The maximum Gasteiger partial charge on any atom is 4.00 e. The fraction of sp³-hybridized carbons (Fsp3) is 1.00. The first kappa shape index (κ1) is 68.4. The van der Waals surface area contributed by atoms with Crippen molar-refractivity contribution in [3.05, 3.63) is 20.6 Å². The molecule has 0 aromatic rings. The maximum absolute atomic E-state index is 11.8. The van der Waals surface area contributed by atoms with Crippen LogP contribution >= 0.6 is 30.0 Å². The van der Waals surface area contributed by atoms with Crippen LogP contribution in [0, 0.1) is 31.1 Å². The molecule has 0 N–H and O–H groups in total. The molecule has 0 saturated carbocycles. The van der Waals surface area contributed by atoms with Crippen LogP contribution in [-0.4, -0.2) is 213 Å². The van der Waals surface area contributed by atoms with Crippen molar-refractivity contribution in [3.63, 3.8) is 0 Å². The number of piperidine rings is 12. The smallest absolute Gasteiger partial charge is 0.770 e. The first-order chi connectivity index (χ1) is 39.3. The molecule has 0 amide bonds. The molecule has 21 heteroatoms. The molecule has 12 fully saturated rings. The largest absolute Gasteiger partial charge is 4.00 e. The van der Waals surface area contributed by atoms with E-state index in [1.807, 2.05) is 0 Å². The quantitative estimate of drug-likeness (QED) is 0.173. The van der Waals surface area contributed by atoms with Crippen molar-refractivity contribution >= 4 is 30.0 Å². The Hall–Kier alpha value is 1.49. The number of rotatable bonds is 12. The van der Waals surface area contributed by atoms with Gasteiger partial charge in [0.2, 0.25) is 0 Å². The maximum atomic E-state index is 11.8. The number of nitrogens with zero attached hydrogens (tertiary/aromatic N) is 16. The third-order valence-corrected chi connectivity index (χ3v) is 34.5. The van der Waals surface area contributed by atoms with Gasteiger partial charge in [-0.2, -0.15) is 0 Å². The first-order valence-electron chi connectivity index (χ1n) is 34.8. The molecule has 0 radical (unpaired) electrons. The molecule has 0 aromatic carbocycles. The van der Waals surface area contributed by atoms with Crippen molar-refractivity contribution < 1.29 is 31.1 Å². The average molecular weight is 1430 g/mol. The van der Waals surface area contributed by atoms with Crippen LogP contribution in [0.1, 0.15) is 231 Å².